The van der Waals surface area contributed by atoms with Gasteiger partial charge in [-0.05, 0) is 12.8 Å². The van der Waals surface area contributed by atoms with Gasteiger partial charge in [0.15, 0.2) is 0 Å². The molecule has 2 amide bonds. The highest BCUT2D eigenvalue weighted by molar-refractivity contribution is 5.80. The Morgan fingerprint density at radius 2 is 1.95 bits per heavy atom. The molecular weight excluding hydrogens is 246 g/mol. The highest BCUT2D eigenvalue weighted by Crippen LogP contribution is 2.19. The number of hydrogen-bond acceptors (Lipinski definition) is 4. The fourth-order valence-electron chi connectivity index (χ4n) is 2.33. The van der Waals surface area contributed by atoms with E-state index in [2.05, 4.69) is 0 Å². The SMILES string of the molecule is COC(CN)CC(=O)N1CCC(C(=O)N(C)C)CC1. The van der Waals surface area contributed by atoms with E-state index in [0.29, 0.717) is 26.1 Å². The minimum absolute atomic E-state index is 0.0479. The third kappa shape index (κ3) is 4.47. The van der Waals surface area contributed by atoms with E-state index in [1.807, 2.05) is 0 Å². The summed E-state index contributed by atoms with van der Waals surface area (Å²) in [6, 6.07) is 0. The van der Waals surface area contributed by atoms with Gasteiger partial charge in [0.2, 0.25) is 11.8 Å². The molecule has 6 heteroatoms. The van der Waals surface area contributed by atoms with Crippen molar-refractivity contribution in [2.24, 2.45) is 11.7 Å². The minimum atomic E-state index is -0.214. The minimum Gasteiger partial charge on any atom is -0.380 e. The molecule has 0 saturated carbocycles. The standard InChI is InChI=1S/C13H25N3O3/c1-15(2)13(18)10-4-6-16(7-5-10)12(17)8-11(9-14)19-3/h10-11H,4-9,14H2,1-3H3. The fraction of sp³-hybridized carbons (Fsp3) is 0.846. The van der Waals surface area contributed by atoms with Crippen molar-refractivity contribution in [1.29, 1.82) is 0 Å². The lowest BCUT2D eigenvalue weighted by molar-refractivity contribution is -0.140. The molecule has 1 heterocycles. The fourth-order valence-corrected chi connectivity index (χ4v) is 2.33. The van der Waals surface area contributed by atoms with Crippen LogP contribution in [0.2, 0.25) is 0 Å². The Labute approximate surface area is 114 Å². The first kappa shape index (κ1) is 15.9. The van der Waals surface area contributed by atoms with Gasteiger partial charge in [-0.25, -0.2) is 0 Å². The van der Waals surface area contributed by atoms with E-state index in [4.69, 9.17) is 10.5 Å². The van der Waals surface area contributed by atoms with Crippen molar-refractivity contribution in [2.45, 2.75) is 25.4 Å². The van der Waals surface area contributed by atoms with Crippen LogP contribution in [0.5, 0.6) is 0 Å². The molecule has 1 atom stereocenters. The van der Waals surface area contributed by atoms with Gasteiger partial charge in [0.1, 0.15) is 0 Å². The maximum absolute atomic E-state index is 12.0. The zero-order valence-electron chi connectivity index (χ0n) is 12.1. The van der Waals surface area contributed by atoms with Gasteiger partial charge in [-0.15, -0.1) is 0 Å². The second-order valence-electron chi connectivity index (χ2n) is 5.19. The lowest BCUT2D eigenvalue weighted by Gasteiger charge is -2.33. The summed E-state index contributed by atoms with van der Waals surface area (Å²) in [7, 11) is 5.10. The van der Waals surface area contributed by atoms with Crippen LogP contribution in [-0.4, -0.2) is 68.6 Å². The quantitative estimate of drug-likeness (QED) is 0.743. The van der Waals surface area contributed by atoms with Gasteiger partial charge in [-0.1, -0.05) is 0 Å². The Hall–Kier alpha value is -1.14. The maximum atomic E-state index is 12.0. The van der Waals surface area contributed by atoms with Crippen LogP contribution in [0.4, 0.5) is 0 Å². The summed E-state index contributed by atoms with van der Waals surface area (Å²) >= 11 is 0. The lowest BCUT2D eigenvalue weighted by atomic mass is 9.95. The summed E-state index contributed by atoms with van der Waals surface area (Å²) in [5.41, 5.74) is 5.51. The molecule has 1 aliphatic rings. The molecule has 6 nitrogen and oxygen atoms in total. The second kappa shape index (κ2) is 7.45. The van der Waals surface area contributed by atoms with Crippen LogP contribution in [-0.2, 0) is 14.3 Å². The van der Waals surface area contributed by atoms with Crippen molar-refractivity contribution in [3.8, 4) is 0 Å². The van der Waals surface area contributed by atoms with Gasteiger partial charge >= 0.3 is 0 Å². The topological polar surface area (TPSA) is 75.9 Å². The summed E-state index contributed by atoms with van der Waals surface area (Å²) in [5.74, 6) is 0.267. The summed E-state index contributed by atoms with van der Waals surface area (Å²) in [6.45, 7) is 1.63. The molecule has 0 aromatic rings. The molecule has 1 rings (SSSR count). The van der Waals surface area contributed by atoms with E-state index in [0.717, 1.165) is 12.8 Å². The van der Waals surface area contributed by atoms with E-state index < -0.39 is 0 Å². The average Bonchev–Trinajstić information content (AvgIpc) is 2.43. The lowest BCUT2D eigenvalue weighted by Crippen LogP contribution is -2.44. The number of piperidine rings is 1. The molecule has 0 spiro atoms. The van der Waals surface area contributed by atoms with Crippen LogP contribution in [0, 0.1) is 5.92 Å². The van der Waals surface area contributed by atoms with Gasteiger partial charge in [0.05, 0.1) is 12.5 Å². The molecule has 0 radical (unpaired) electrons. The monoisotopic (exact) mass is 271 g/mol. The summed E-state index contributed by atoms with van der Waals surface area (Å²) < 4.78 is 5.12. The molecule has 0 bridgehead atoms. The number of carbonyl (C=O) groups is 2. The van der Waals surface area contributed by atoms with Crippen molar-refractivity contribution < 1.29 is 14.3 Å². The number of rotatable bonds is 5. The first-order chi connectivity index (χ1) is 8.99. The molecular formula is C13H25N3O3. The summed E-state index contributed by atoms with van der Waals surface area (Å²) in [4.78, 5) is 27.3. The Bertz CT molecular complexity index is 308. The smallest absolute Gasteiger partial charge is 0.225 e. The molecule has 2 N–H and O–H groups in total. The number of ether oxygens (including phenoxy) is 1. The Morgan fingerprint density at radius 1 is 1.37 bits per heavy atom. The molecule has 110 valence electrons. The summed E-state index contributed by atoms with van der Waals surface area (Å²) in [6.07, 6.45) is 1.58. The number of nitrogens with two attached hydrogens (primary N) is 1. The van der Waals surface area contributed by atoms with E-state index >= 15 is 0 Å². The van der Waals surface area contributed by atoms with Crippen molar-refractivity contribution in [1.82, 2.24) is 9.80 Å². The third-order valence-corrected chi connectivity index (χ3v) is 3.64. The number of nitrogens with zero attached hydrogens (tertiary/aromatic N) is 2. The van der Waals surface area contributed by atoms with Crippen molar-refractivity contribution in [3.63, 3.8) is 0 Å². The molecule has 0 aliphatic carbocycles. The van der Waals surface area contributed by atoms with Crippen molar-refractivity contribution in [2.75, 3.05) is 40.8 Å². The molecule has 1 saturated heterocycles. The van der Waals surface area contributed by atoms with Gasteiger partial charge in [-0.2, -0.15) is 0 Å². The van der Waals surface area contributed by atoms with Crippen molar-refractivity contribution >= 4 is 11.8 Å². The predicted molar refractivity (Wildman–Crippen MR) is 72.5 cm³/mol. The van der Waals surface area contributed by atoms with Crippen molar-refractivity contribution in [3.05, 3.63) is 0 Å². The predicted octanol–water partition coefficient (Wildman–Crippen LogP) is -0.323. The first-order valence-electron chi connectivity index (χ1n) is 6.71. The number of carbonyl (C=O) groups excluding carboxylic acids is 2. The van der Waals surface area contributed by atoms with Crippen LogP contribution in [0.1, 0.15) is 19.3 Å². The maximum Gasteiger partial charge on any atom is 0.225 e. The highest BCUT2D eigenvalue weighted by Gasteiger charge is 2.28. The van der Waals surface area contributed by atoms with E-state index in [9.17, 15) is 9.59 Å². The average molecular weight is 271 g/mol. The van der Waals surface area contributed by atoms with Crippen LogP contribution in [0.3, 0.4) is 0 Å². The van der Waals surface area contributed by atoms with E-state index in [1.54, 1.807) is 31.0 Å². The number of hydrogen-bond donors (Lipinski definition) is 1. The number of likely N-dealkylation sites (tertiary alicyclic amines) is 1. The normalized spacial score (nSPS) is 18.2. The molecule has 1 unspecified atom stereocenters. The largest absolute Gasteiger partial charge is 0.380 e. The van der Waals surface area contributed by atoms with Gasteiger partial charge < -0.3 is 20.3 Å². The number of amides is 2. The molecule has 1 aliphatic heterocycles. The number of methoxy groups -OCH3 is 1. The Morgan fingerprint density at radius 3 is 2.37 bits per heavy atom. The molecule has 0 aromatic carbocycles. The summed E-state index contributed by atoms with van der Waals surface area (Å²) in [5, 5.41) is 0. The zero-order chi connectivity index (χ0) is 14.4. The van der Waals surface area contributed by atoms with E-state index in [1.165, 1.54) is 0 Å². The Kier molecular flexibility index (Phi) is 6.24. The molecule has 1 fully saturated rings. The molecule has 19 heavy (non-hydrogen) atoms. The van der Waals surface area contributed by atoms with Crippen LogP contribution in [0.15, 0.2) is 0 Å². The van der Waals surface area contributed by atoms with Gasteiger partial charge in [0.25, 0.3) is 0 Å². The second-order valence-corrected chi connectivity index (χ2v) is 5.19. The van der Waals surface area contributed by atoms with E-state index in [-0.39, 0.29) is 23.8 Å². The highest BCUT2D eigenvalue weighted by atomic mass is 16.5. The third-order valence-electron chi connectivity index (χ3n) is 3.64. The molecule has 0 aromatic heterocycles. The van der Waals surface area contributed by atoms with Crippen LogP contribution >= 0.6 is 0 Å². The van der Waals surface area contributed by atoms with Crippen LogP contribution in [0.25, 0.3) is 0 Å². The zero-order valence-corrected chi connectivity index (χ0v) is 12.1. The van der Waals surface area contributed by atoms with Gasteiger partial charge in [-0.3, -0.25) is 9.59 Å². The van der Waals surface area contributed by atoms with Crippen LogP contribution < -0.4 is 5.73 Å². The Balaban J connectivity index is 2.41. The van der Waals surface area contributed by atoms with Gasteiger partial charge in [0, 0.05) is 46.8 Å². The first-order valence-corrected chi connectivity index (χ1v) is 6.71.